The SMILES string of the molecule is CCOC(=O)CCN(CCCn1ccnc1)C(=O)CCc1ccc(C)cc1. The molecule has 0 saturated carbocycles. The number of carbonyl (C=O) groups is 2. The van der Waals surface area contributed by atoms with Gasteiger partial charge in [-0.1, -0.05) is 29.8 Å². The molecule has 1 aromatic heterocycles. The number of rotatable bonds is 11. The standard InChI is InChI=1S/C21H29N3O3/c1-3-27-21(26)11-15-24(14-4-13-23-16-12-22-17-23)20(25)10-9-19-7-5-18(2)6-8-19/h5-8,12,16-17H,3-4,9-11,13-15H2,1-2H3. The third-order valence-electron chi connectivity index (χ3n) is 4.40. The molecule has 1 amide bonds. The van der Waals surface area contributed by atoms with Gasteiger partial charge in [0.2, 0.25) is 5.91 Å². The largest absolute Gasteiger partial charge is 0.466 e. The van der Waals surface area contributed by atoms with E-state index >= 15 is 0 Å². The summed E-state index contributed by atoms with van der Waals surface area (Å²) in [6, 6.07) is 8.24. The number of amides is 1. The Kier molecular flexibility index (Phi) is 8.55. The Morgan fingerprint density at radius 3 is 2.59 bits per heavy atom. The van der Waals surface area contributed by atoms with Crippen LogP contribution in [0.15, 0.2) is 43.0 Å². The first-order valence-electron chi connectivity index (χ1n) is 9.53. The molecule has 6 heteroatoms. The normalized spacial score (nSPS) is 10.6. The van der Waals surface area contributed by atoms with E-state index in [1.165, 1.54) is 5.56 Å². The molecular formula is C21H29N3O3. The Balaban J connectivity index is 1.86. The van der Waals surface area contributed by atoms with Crippen molar-refractivity contribution in [3.05, 3.63) is 54.1 Å². The summed E-state index contributed by atoms with van der Waals surface area (Å²) in [4.78, 5) is 30.2. The number of ether oxygens (including phenoxy) is 1. The van der Waals surface area contributed by atoms with Crippen molar-refractivity contribution in [3.63, 3.8) is 0 Å². The van der Waals surface area contributed by atoms with E-state index < -0.39 is 0 Å². The number of hydrogen-bond acceptors (Lipinski definition) is 4. The Hall–Kier alpha value is -2.63. The zero-order valence-electron chi connectivity index (χ0n) is 16.3. The summed E-state index contributed by atoms with van der Waals surface area (Å²) < 4.78 is 6.97. The van der Waals surface area contributed by atoms with E-state index in [1.54, 1.807) is 24.3 Å². The molecule has 0 atom stereocenters. The van der Waals surface area contributed by atoms with Crippen LogP contribution in [0.5, 0.6) is 0 Å². The summed E-state index contributed by atoms with van der Waals surface area (Å²) in [5, 5.41) is 0. The smallest absolute Gasteiger partial charge is 0.307 e. The van der Waals surface area contributed by atoms with Crippen molar-refractivity contribution in [2.45, 2.75) is 46.1 Å². The van der Waals surface area contributed by atoms with Crippen molar-refractivity contribution in [2.24, 2.45) is 0 Å². The van der Waals surface area contributed by atoms with Gasteiger partial charge in [-0.2, -0.15) is 0 Å². The van der Waals surface area contributed by atoms with E-state index in [1.807, 2.05) is 17.7 Å². The van der Waals surface area contributed by atoms with Gasteiger partial charge in [-0.3, -0.25) is 9.59 Å². The molecule has 27 heavy (non-hydrogen) atoms. The third kappa shape index (κ3) is 7.64. The highest BCUT2D eigenvalue weighted by Crippen LogP contribution is 2.09. The second kappa shape index (κ2) is 11.2. The van der Waals surface area contributed by atoms with Crippen LogP contribution in [0.2, 0.25) is 0 Å². The van der Waals surface area contributed by atoms with Crippen LogP contribution in [0.3, 0.4) is 0 Å². The number of aromatic nitrogens is 2. The number of imidazole rings is 1. The van der Waals surface area contributed by atoms with Crippen LogP contribution in [0, 0.1) is 6.92 Å². The molecule has 1 aromatic carbocycles. The van der Waals surface area contributed by atoms with Gasteiger partial charge in [0.15, 0.2) is 0 Å². The van der Waals surface area contributed by atoms with Crippen LogP contribution in [-0.2, 0) is 27.3 Å². The van der Waals surface area contributed by atoms with Crippen LogP contribution < -0.4 is 0 Å². The van der Waals surface area contributed by atoms with Crippen molar-refractivity contribution in [1.82, 2.24) is 14.5 Å². The number of carbonyl (C=O) groups excluding carboxylic acids is 2. The fourth-order valence-corrected chi connectivity index (χ4v) is 2.85. The minimum absolute atomic E-state index is 0.0745. The van der Waals surface area contributed by atoms with Gasteiger partial charge in [0, 0.05) is 38.4 Å². The monoisotopic (exact) mass is 371 g/mol. The zero-order chi connectivity index (χ0) is 19.5. The van der Waals surface area contributed by atoms with Crippen LogP contribution in [0.4, 0.5) is 0 Å². The molecular weight excluding hydrogens is 342 g/mol. The predicted molar refractivity (Wildman–Crippen MR) is 104 cm³/mol. The van der Waals surface area contributed by atoms with E-state index in [9.17, 15) is 9.59 Å². The van der Waals surface area contributed by atoms with E-state index in [0.29, 0.717) is 32.5 Å². The van der Waals surface area contributed by atoms with Crippen molar-refractivity contribution in [2.75, 3.05) is 19.7 Å². The molecule has 6 nitrogen and oxygen atoms in total. The summed E-state index contributed by atoms with van der Waals surface area (Å²) >= 11 is 0. The molecule has 0 spiro atoms. The second-order valence-corrected chi connectivity index (χ2v) is 6.58. The van der Waals surface area contributed by atoms with Gasteiger partial charge in [0.25, 0.3) is 0 Å². The maximum atomic E-state index is 12.7. The number of hydrogen-bond donors (Lipinski definition) is 0. The highest BCUT2D eigenvalue weighted by molar-refractivity contribution is 5.77. The van der Waals surface area contributed by atoms with Crippen molar-refractivity contribution in [1.29, 1.82) is 0 Å². The third-order valence-corrected chi connectivity index (χ3v) is 4.40. The van der Waals surface area contributed by atoms with Gasteiger partial charge in [0.05, 0.1) is 19.4 Å². The molecule has 146 valence electrons. The molecule has 0 unspecified atom stereocenters. The van der Waals surface area contributed by atoms with Crippen molar-refractivity contribution in [3.8, 4) is 0 Å². The molecule has 0 saturated heterocycles. The van der Waals surface area contributed by atoms with Crippen molar-refractivity contribution < 1.29 is 14.3 Å². The Morgan fingerprint density at radius 1 is 1.15 bits per heavy atom. The van der Waals surface area contributed by atoms with Crippen LogP contribution >= 0.6 is 0 Å². The topological polar surface area (TPSA) is 64.4 Å². The summed E-state index contributed by atoms with van der Waals surface area (Å²) in [5.41, 5.74) is 2.36. The molecule has 1 heterocycles. The van der Waals surface area contributed by atoms with Crippen molar-refractivity contribution >= 4 is 11.9 Å². The molecule has 0 aliphatic heterocycles. The minimum atomic E-state index is -0.261. The molecule has 0 fully saturated rings. The molecule has 0 aliphatic carbocycles. The van der Waals surface area contributed by atoms with Crippen LogP contribution in [0.1, 0.15) is 37.3 Å². The Morgan fingerprint density at radius 2 is 1.93 bits per heavy atom. The van der Waals surface area contributed by atoms with E-state index in [4.69, 9.17) is 4.74 Å². The number of nitrogens with zero attached hydrogens (tertiary/aromatic N) is 3. The Bertz CT molecular complexity index is 696. The molecule has 2 aromatic rings. The maximum Gasteiger partial charge on any atom is 0.307 e. The number of benzene rings is 1. The minimum Gasteiger partial charge on any atom is -0.466 e. The van der Waals surface area contributed by atoms with Gasteiger partial charge in [-0.05, 0) is 32.3 Å². The lowest BCUT2D eigenvalue weighted by Gasteiger charge is -2.22. The fourth-order valence-electron chi connectivity index (χ4n) is 2.85. The first-order valence-corrected chi connectivity index (χ1v) is 9.53. The second-order valence-electron chi connectivity index (χ2n) is 6.58. The van der Waals surface area contributed by atoms with E-state index in [0.717, 1.165) is 18.5 Å². The highest BCUT2D eigenvalue weighted by Gasteiger charge is 2.15. The zero-order valence-corrected chi connectivity index (χ0v) is 16.3. The van der Waals surface area contributed by atoms with E-state index in [-0.39, 0.29) is 18.3 Å². The first-order chi connectivity index (χ1) is 13.1. The summed E-state index contributed by atoms with van der Waals surface area (Å²) in [5.74, 6) is -0.186. The lowest BCUT2D eigenvalue weighted by Crippen LogP contribution is -2.34. The molecule has 0 N–H and O–H groups in total. The average Bonchev–Trinajstić information content (AvgIpc) is 3.17. The summed E-state index contributed by atoms with van der Waals surface area (Å²) in [6.45, 7) is 6.00. The molecule has 0 radical (unpaired) electrons. The predicted octanol–water partition coefficient (Wildman–Crippen LogP) is 3.00. The van der Waals surface area contributed by atoms with Gasteiger partial charge in [-0.15, -0.1) is 0 Å². The lowest BCUT2D eigenvalue weighted by molar-refractivity contribution is -0.144. The van der Waals surface area contributed by atoms with Gasteiger partial charge in [-0.25, -0.2) is 4.98 Å². The lowest BCUT2D eigenvalue weighted by atomic mass is 10.1. The maximum absolute atomic E-state index is 12.7. The van der Waals surface area contributed by atoms with Gasteiger partial charge in [0.1, 0.15) is 0 Å². The number of esters is 1. The highest BCUT2D eigenvalue weighted by atomic mass is 16.5. The van der Waals surface area contributed by atoms with Crippen LogP contribution in [0.25, 0.3) is 0 Å². The Labute approximate surface area is 161 Å². The first kappa shape index (κ1) is 20.7. The van der Waals surface area contributed by atoms with Gasteiger partial charge < -0.3 is 14.2 Å². The van der Waals surface area contributed by atoms with Crippen LogP contribution in [-0.4, -0.2) is 46.0 Å². The molecule has 0 aliphatic rings. The summed E-state index contributed by atoms with van der Waals surface area (Å²) in [6.07, 6.45) is 7.60. The van der Waals surface area contributed by atoms with Gasteiger partial charge >= 0.3 is 5.97 Å². The molecule has 2 rings (SSSR count). The summed E-state index contributed by atoms with van der Waals surface area (Å²) in [7, 11) is 0. The molecule has 0 bridgehead atoms. The fraction of sp³-hybridized carbons (Fsp3) is 0.476. The quantitative estimate of drug-likeness (QED) is 0.570. The number of aryl methyl sites for hydroxylation is 3. The average molecular weight is 371 g/mol. The van der Waals surface area contributed by atoms with E-state index in [2.05, 4.69) is 29.2 Å².